The molecule has 3 heteroatoms. The third kappa shape index (κ3) is 1.90. The Bertz CT molecular complexity index is 441. The standard InChI is InChI=1S/C12H12N2O/c1-14-9-4-5-10(8-2-3-8)11(6-9)12(15)7-13/h4-6,8H,2-3,7,13H2. The zero-order valence-electron chi connectivity index (χ0n) is 8.36. The molecule has 1 aliphatic rings. The number of Topliss-reactive ketones (excluding diaryl/α,β-unsaturated/α-hetero) is 1. The summed E-state index contributed by atoms with van der Waals surface area (Å²) in [7, 11) is 0. The van der Waals surface area contributed by atoms with Crippen LogP contribution in [0, 0.1) is 6.57 Å². The molecule has 15 heavy (non-hydrogen) atoms. The van der Waals surface area contributed by atoms with Gasteiger partial charge in [-0.15, -0.1) is 0 Å². The average molecular weight is 200 g/mol. The molecule has 0 atom stereocenters. The number of benzene rings is 1. The highest BCUT2D eigenvalue weighted by atomic mass is 16.1. The van der Waals surface area contributed by atoms with Gasteiger partial charge in [0, 0.05) is 5.56 Å². The highest BCUT2D eigenvalue weighted by Gasteiger charge is 2.27. The Balaban J connectivity index is 2.46. The highest BCUT2D eigenvalue weighted by molar-refractivity contribution is 6.00. The molecule has 0 saturated heterocycles. The first kappa shape index (κ1) is 9.88. The molecule has 1 aliphatic carbocycles. The molecule has 1 aromatic carbocycles. The first-order valence-corrected chi connectivity index (χ1v) is 5.01. The minimum Gasteiger partial charge on any atom is -0.324 e. The van der Waals surface area contributed by atoms with Crippen LogP contribution in [0.2, 0.25) is 0 Å². The Labute approximate surface area is 88.7 Å². The van der Waals surface area contributed by atoms with Crippen LogP contribution in [0.4, 0.5) is 5.69 Å². The Hall–Kier alpha value is -1.66. The van der Waals surface area contributed by atoms with Gasteiger partial charge in [0.05, 0.1) is 13.1 Å². The summed E-state index contributed by atoms with van der Waals surface area (Å²) in [5, 5.41) is 0. The minimum atomic E-state index is -0.0672. The van der Waals surface area contributed by atoms with Crippen LogP contribution >= 0.6 is 0 Å². The Kier molecular flexibility index (Phi) is 2.53. The van der Waals surface area contributed by atoms with Gasteiger partial charge in [-0.3, -0.25) is 4.79 Å². The molecule has 1 saturated carbocycles. The normalized spacial score (nSPS) is 14.7. The van der Waals surface area contributed by atoms with Crippen LogP contribution in [0.25, 0.3) is 4.85 Å². The number of ketones is 1. The predicted molar refractivity (Wildman–Crippen MR) is 58.1 cm³/mol. The molecule has 0 unspecified atom stereocenters. The molecule has 2 rings (SSSR count). The molecule has 76 valence electrons. The van der Waals surface area contributed by atoms with Crippen LogP contribution < -0.4 is 5.73 Å². The van der Waals surface area contributed by atoms with Crippen molar-refractivity contribution in [3.8, 4) is 0 Å². The minimum absolute atomic E-state index is 0.0151. The lowest BCUT2D eigenvalue weighted by Gasteiger charge is -2.06. The maximum Gasteiger partial charge on any atom is 0.187 e. The van der Waals surface area contributed by atoms with E-state index in [0.29, 0.717) is 17.2 Å². The van der Waals surface area contributed by atoms with Crippen molar-refractivity contribution in [3.05, 3.63) is 40.7 Å². The SMILES string of the molecule is [C-]#[N+]c1ccc(C2CC2)c(C(=O)CN)c1. The molecule has 1 fully saturated rings. The fourth-order valence-corrected chi connectivity index (χ4v) is 1.72. The van der Waals surface area contributed by atoms with Crippen molar-refractivity contribution in [1.29, 1.82) is 0 Å². The van der Waals surface area contributed by atoms with Crippen LogP contribution in [0.3, 0.4) is 0 Å². The summed E-state index contributed by atoms with van der Waals surface area (Å²) in [6.07, 6.45) is 2.28. The van der Waals surface area contributed by atoms with E-state index < -0.39 is 0 Å². The van der Waals surface area contributed by atoms with Gasteiger partial charge < -0.3 is 5.73 Å². The van der Waals surface area contributed by atoms with Crippen LogP contribution in [0.5, 0.6) is 0 Å². The van der Waals surface area contributed by atoms with E-state index in [2.05, 4.69) is 4.85 Å². The summed E-state index contributed by atoms with van der Waals surface area (Å²) in [5.41, 5.74) is 7.58. The molecule has 0 bridgehead atoms. The van der Waals surface area contributed by atoms with E-state index in [4.69, 9.17) is 12.3 Å². The fourth-order valence-electron chi connectivity index (χ4n) is 1.72. The lowest BCUT2D eigenvalue weighted by Crippen LogP contribution is -2.15. The third-order valence-electron chi connectivity index (χ3n) is 2.67. The molecule has 0 radical (unpaired) electrons. The van der Waals surface area contributed by atoms with Crippen molar-refractivity contribution in [3.63, 3.8) is 0 Å². The van der Waals surface area contributed by atoms with Gasteiger partial charge in [0.1, 0.15) is 0 Å². The maximum atomic E-state index is 11.6. The molecule has 1 aromatic rings. The Morgan fingerprint density at radius 3 is 2.80 bits per heavy atom. The van der Waals surface area contributed by atoms with Gasteiger partial charge in [-0.1, -0.05) is 12.1 Å². The molecule has 2 N–H and O–H groups in total. The predicted octanol–water partition coefficient (Wildman–Crippen LogP) is 2.26. The zero-order chi connectivity index (χ0) is 10.8. The molecular weight excluding hydrogens is 188 g/mol. The van der Waals surface area contributed by atoms with Gasteiger partial charge >= 0.3 is 0 Å². The first-order valence-electron chi connectivity index (χ1n) is 5.01. The molecule has 3 nitrogen and oxygen atoms in total. The van der Waals surface area contributed by atoms with Crippen molar-refractivity contribution in [2.75, 3.05) is 6.54 Å². The second-order valence-electron chi connectivity index (χ2n) is 3.78. The highest BCUT2D eigenvalue weighted by Crippen LogP contribution is 2.42. The number of nitrogens with two attached hydrogens (primary N) is 1. The van der Waals surface area contributed by atoms with Gasteiger partial charge in [-0.2, -0.15) is 0 Å². The molecule has 0 heterocycles. The molecule has 0 aliphatic heterocycles. The topological polar surface area (TPSA) is 47.5 Å². The molecular formula is C12H12N2O. The van der Waals surface area contributed by atoms with Crippen molar-refractivity contribution in [2.24, 2.45) is 5.73 Å². The first-order chi connectivity index (χ1) is 7.26. The third-order valence-corrected chi connectivity index (χ3v) is 2.67. The summed E-state index contributed by atoms with van der Waals surface area (Å²) in [6.45, 7) is 6.93. The summed E-state index contributed by atoms with van der Waals surface area (Å²) in [6, 6.07) is 5.33. The Morgan fingerprint density at radius 1 is 1.53 bits per heavy atom. The van der Waals surface area contributed by atoms with Gasteiger partial charge in [0.25, 0.3) is 0 Å². The van der Waals surface area contributed by atoms with Crippen molar-refractivity contribution in [1.82, 2.24) is 0 Å². The summed E-state index contributed by atoms with van der Waals surface area (Å²) >= 11 is 0. The van der Waals surface area contributed by atoms with Crippen LogP contribution in [-0.2, 0) is 0 Å². The van der Waals surface area contributed by atoms with Crippen molar-refractivity contribution < 1.29 is 4.79 Å². The maximum absolute atomic E-state index is 11.6. The van der Waals surface area contributed by atoms with E-state index in [1.165, 1.54) is 0 Å². The van der Waals surface area contributed by atoms with Gasteiger partial charge in [-0.25, -0.2) is 4.85 Å². The smallest absolute Gasteiger partial charge is 0.187 e. The van der Waals surface area contributed by atoms with Crippen molar-refractivity contribution in [2.45, 2.75) is 18.8 Å². The van der Waals surface area contributed by atoms with E-state index >= 15 is 0 Å². The molecule has 0 aromatic heterocycles. The fraction of sp³-hybridized carbons (Fsp3) is 0.333. The van der Waals surface area contributed by atoms with Crippen LogP contribution in [0.1, 0.15) is 34.7 Å². The van der Waals surface area contributed by atoms with Crippen LogP contribution in [-0.4, -0.2) is 12.3 Å². The quantitative estimate of drug-likeness (QED) is 0.601. The van der Waals surface area contributed by atoms with E-state index in [1.807, 2.05) is 6.07 Å². The second-order valence-corrected chi connectivity index (χ2v) is 3.78. The number of hydrogen-bond acceptors (Lipinski definition) is 2. The van der Waals surface area contributed by atoms with Gasteiger partial charge in [0.2, 0.25) is 0 Å². The zero-order valence-corrected chi connectivity index (χ0v) is 8.36. The average Bonchev–Trinajstić information content (AvgIpc) is 3.11. The summed E-state index contributed by atoms with van der Waals surface area (Å²) in [5.74, 6) is 0.442. The lowest BCUT2D eigenvalue weighted by atomic mass is 9.99. The van der Waals surface area contributed by atoms with E-state index in [1.54, 1.807) is 12.1 Å². The van der Waals surface area contributed by atoms with E-state index in [9.17, 15) is 4.79 Å². The largest absolute Gasteiger partial charge is 0.324 e. The summed E-state index contributed by atoms with van der Waals surface area (Å²) in [4.78, 5) is 14.9. The summed E-state index contributed by atoms with van der Waals surface area (Å²) < 4.78 is 0. The number of nitrogens with zero attached hydrogens (tertiary/aromatic N) is 1. The number of rotatable bonds is 3. The van der Waals surface area contributed by atoms with Crippen LogP contribution in [0.15, 0.2) is 18.2 Å². The second kappa shape index (κ2) is 3.84. The molecule has 0 amide bonds. The van der Waals surface area contributed by atoms with Gasteiger partial charge in [0.15, 0.2) is 11.5 Å². The van der Waals surface area contributed by atoms with E-state index in [0.717, 1.165) is 18.4 Å². The number of carbonyl (C=O) groups is 1. The lowest BCUT2D eigenvalue weighted by molar-refractivity contribution is 0.100. The van der Waals surface area contributed by atoms with E-state index in [-0.39, 0.29) is 12.3 Å². The monoisotopic (exact) mass is 200 g/mol. The Morgan fingerprint density at radius 2 is 2.27 bits per heavy atom. The number of carbonyl (C=O) groups excluding carboxylic acids is 1. The molecule has 0 spiro atoms. The van der Waals surface area contributed by atoms with Gasteiger partial charge in [-0.05, 0) is 30.4 Å². The van der Waals surface area contributed by atoms with Crippen molar-refractivity contribution >= 4 is 11.5 Å². The number of hydrogen-bond donors (Lipinski definition) is 1.